The fourth-order valence-electron chi connectivity index (χ4n) is 2.92. The van der Waals surface area contributed by atoms with E-state index >= 15 is 0 Å². The molecule has 1 aliphatic heterocycles. The van der Waals surface area contributed by atoms with Crippen LogP contribution in [0.15, 0.2) is 18.2 Å². The van der Waals surface area contributed by atoms with Gasteiger partial charge in [0.25, 0.3) is 0 Å². The Morgan fingerprint density at radius 1 is 1.35 bits per heavy atom. The molecule has 1 atom stereocenters. The minimum Gasteiger partial charge on any atom is -0.489 e. The number of carbonyl (C=O) groups is 1. The zero-order chi connectivity index (χ0) is 16.7. The number of likely N-dealkylation sites (tertiary alicyclic amines) is 1. The maximum atomic E-state index is 11.9. The zero-order valence-electron chi connectivity index (χ0n) is 14.0. The first-order valence-electron chi connectivity index (χ1n) is 8.42. The van der Waals surface area contributed by atoms with Gasteiger partial charge in [-0.05, 0) is 63.0 Å². The summed E-state index contributed by atoms with van der Waals surface area (Å²) in [5.41, 5.74) is 1.27. The van der Waals surface area contributed by atoms with E-state index in [0.717, 1.165) is 37.4 Å². The van der Waals surface area contributed by atoms with Crippen LogP contribution < -0.4 is 4.74 Å². The highest BCUT2D eigenvalue weighted by Gasteiger charge is 2.19. The van der Waals surface area contributed by atoms with Crippen molar-refractivity contribution in [2.24, 2.45) is 0 Å². The quantitative estimate of drug-likeness (QED) is 0.583. The van der Waals surface area contributed by atoms with Gasteiger partial charge in [0.2, 0.25) is 0 Å². The largest absolute Gasteiger partial charge is 0.489 e. The zero-order valence-corrected chi connectivity index (χ0v) is 14.8. The molecule has 1 heterocycles. The van der Waals surface area contributed by atoms with Crippen LogP contribution >= 0.6 is 11.6 Å². The molecule has 0 spiro atoms. The second-order valence-electron chi connectivity index (χ2n) is 5.80. The average Bonchev–Trinajstić information content (AvgIpc) is 2.80. The fourth-order valence-corrected chi connectivity index (χ4v) is 3.14. The number of halogens is 1. The Balaban J connectivity index is 2.09. The van der Waals surface area contributed by atoms with E-state index < -0.39 is 0 Å². The molecule has 0 radical (unpaired) electrons. The monoisotopic (exact) mass is 339 g/mol. The molecule has 0 unspecified atom stereocenters. The van der Waals surface area contributed by atoms with E-state index in [0.29, 0.717) is 12.2 Å². The lowest BCUT2D eigenvalue weighted by Crippen LogP contribution is -2.33. The highest BCUT2D eigenvalue weighted by Crippen LogP contribution is 2.23. The van der Waals surface area contributed by atoms with E-state index in [1.54, 1.807) is 13.0 Å². The summed E-state index contributed by atoms with van der Waals surface area (Å²) >= 11 is 5.99. The van der Waals surface area contributed by atoms with E-state index in [9.17, 15) is 4.79 Å². The van der Waals surface area contributed by atoms with Gasteiger partial charge in [-0.3, -0.25) is 4.90 Å². The number of rotatable bonds is 6. The van der Waals surface area contributed by atoms with Crippen LogP contribution in [0.3, 0.4) is 0 Å². The molecule has 1 fully saturated rings. The van der Waals surface area contributed by atoms with Crippen LogP contribution in [-0.4, -0.2) is 43.2 Å². The van der Waals surface area contributed by atoms with Crippen molar-refractivity contribution in [3.8, 4) is 5.75 Å². The van der Waals surface area contributed by atoms with E-state index in [4.69, 9.17) is 21.1 Å². The molecular formula is C18H26ClNO3. The van der Waals surface area contributed by atoms with Crippen LogP contribution in [0.25, 0.3) is 0 Å². The van der Waals surface area contributed by atoms with Crippen LogP contribution in [-0.2, 0) is 10.6 Å². The molecule has 0 aromatic heterocycles. The van der Waals surface area contributed by atoms with Gasteiger partial charge in [0.05, 0.1) is 12.2 Å². The van der Waals surface area contributed by atoms with E-state index in [2.05, 4.69) is 11.8 Å². The van der Waals surface area contributed by atoms with Gasteiger partial charge in [-0.2, -0.15) is 0 Å². The number of esters is 1. The molecule has 1 aromatic carbocycles. The van der Waals surface area contributed by atoms with E-state index in [1.165, 1.54) is 12.8 Å². The summed E-state index contributed by atoms with van der Waals surface area (Å²) in [6, 6.07) is 5.45. The lowest BCUT2D eigenvalue weighted by molar-refractivity contribution is 0.0525. The van der Waals surface area contributed by atoms with Gasteiger partial charge < -0.3 is 9.47 Å². The third-order valence-corrected chi connectivity index (χ3v) is 4.47. The highest BCUT2D eigenvalue weighted by atomic mass is 35.5. The lowest BCUT2D eigenvalue weighted by Gasteiger charge is -2.24. The normalized spacial score (nSPS) is 19.2. The molecule has 23 heavy (non-hydrogen) atoms. The van der Waals surface area contributed by atoms with Crippen LogP contribution in [0.4, 0.5) is 0 Å². The summed E-state index contributed by atoms with van der Waals surface area (Å²) in [5, 5.41) is 0. The maximum Gasteiger partial charge on any atom is 0.338 e. The molecule has 1 saturated heterocycles. The second-order valence-corrected chi connectivity index (χ2v) is 6.07. The van der Waals surface area contributed by atoms with Crippen LogP contribution in [0.5, 0.6) is 5.75 Å². The van der Waals surface area contributed by atoms with Crippen LogP contribution in [0.1, 0.15) is 49.0 Å². The fraction of sp³-hybridized carbons (Fsp3) is 0.611. The second kappa shape index (κ2) is 9.14. The molecule has 0 N–H and O–H groups in total. The molecule has 5 heteroatoms. The SMILES string of the molecule is CCOC(=O)c1ccc(O[C@H]2CCCCN(CC)C2)cc1CCl. The van der Waals surface area contributed by atoms with Gasteiger partial charge in [0, 0.05) is 12.4 Å². The number of hydrogen-bond donors (Lipinski definition) is 0. The summed E-state index contributed by atoms with van der Waals surface area (Å²) < 4.78 is 11.2. The molecule has 0 bridgehead atoms. The van der Waals surface area contributed by atoms with Crippen molar-refractivity contribution in [1.29, 1.82) is 0 Å². The Hall–Kier alpha value is -1.26. The Morgan fingerprint density at radius 2 is 2.17 bits per heavy atom. The van der Waals surface area contributed by atoms with Crippen molar-refractivity contribution in [3.63, 3.8) is 0 Å². The Morgan fingerprint density at radius 3 is 2.87 bits per heavy atom. The van der Waals surface area contributed by atoms with Gasteiger partial charge in [0.1, 0.15) is 11.9 Å². The number of benzene rings is 1. The predicted octanol–water partition coefficient (Wildman–Crippen LogP) is 3.86. The first-order chi connectivity index (χ1) is 11.2. The van der Waals surface area contributed by atoms with Crippen molar-refractivity contribution >= 4 is 17.6 Å². The van der Waals surface area contributed by atoms with Crippen LogP contribution in [0.2, 0.25) is 0 Å². The van der Waals surface area contributed by atoms with Crippen molar-refractivity contribution in [3.05, 3.63) is 29.3 Å². The summed E-state index contributed by atoms with van der Waals surface area (Å²) in [6.45, 7) is 7.48. The van der Waals surface area contributed by atoms with Crippen LogP contribution in [0, 0.1) is 0 Å². The third kappa shape index (κ3) is 5.11. The third-order valence-electron chi connectivity index (χ3n) is 4.18. The van der Waals surface area contributed by atoms with E-state index in [-0.39, 0.29) is 18.0 Å². The van der Waals surface area contributed by atoms with Crippen molar-refractivity contribution < 1.29 is 14.3 Å². The van der Waals surface area contributed by atoms with Gasteiger partial charge in [-0.1, -0.05) is 6.92 Å². The van der Waals surface area contributed by atoms with Crippen molar-refractivity contribution in [2.75, 3.05) is 26.2 Å². The predicted molar refractivity (Wildman–Crippen MR) is 92.3 cm³/mol. The van der Waals surface area contributed by atoms with Gasteiger partial charge >= 0.3 is 5.97 Å². The molecule has 0 saturated carbocycles. The molecular weight excluding hydrogens is 314 g/mol. The standard InChI is InChI=1S/C18H26ClNO3/c1-3-20-10-6-5-7-16(13-20)23-15-8-9-17(14(11-15)12-19)18(21)22-4-2/h8-9,11,16H,3-7,10,12-13H2,1-2H3/t16-/m0/s1. The molecule has 0 amide bonds. The Kier molecular flexibility index (Phi) is 7.18. The Bertz CT molecular complexity index is 521. The average molecular weight is 340 g/mol. The molecule has 128 valence electrons. The van der Waals surface area contributed by atoms with Gasteiger partial charge in [0.15, 0.2) is 0 Å². The summed E-state index contributed by atoms with van der Waals surface area (Å²) in [5.74, 6) is 0.704. The minimum absolute atomic E-state index is 0.189. The van der Waals surface area contributed by atoms with E-state index in [1.807, 2.05) is 12.1 Å². The van der Waals surface area contributed by atoms with Crippen molar-refractivity contribution in [2.45, 2.75) is 45.1 Å². The summed E-state index contributed by atoms with van der Waals surface area (Å²) in [7, 11) is 0. The Labute approximate surface area is 143 Å². The molecule has 0 aliphatic carbocycles. The smallest absolute Gasteiger partial charge is 0.338 e. The molecule has 1 aromatic rings. The number of carbonyl (C=O) groups excluding carboxylic acids is 1. The summed E-state index contributed by atoms with van der Waals surface area (Å²) in [6.07, 6.45) is 3.66. The first kappa shape index (κ1) is 18.1. The summed E-state index contributed by atoms with van der Waals surface area (Å²) in [4.78, 5) is 14.3. The topological polar surface area (TPSA) is 38.8 Å². The molecule has 4 nitrogen and oxygen atoms in total. The number of likely N-dealkylation sites (N-methyl/N-ethyl adjacent to an activating group) is 1. The minimum atomic E-state index is -0.332. The number of alkyl halides is 1. The molecule has 1 aliphatic rings. The highest BCUT2D eigenvalue weighted by molar-refractivity contribution is 6.17. The van der Waals surface area contributed by atoms with Gasteiger partial charge in [-0.25, -0.2) is 4.79 Å². The number of ether oxygens (including phenoxy) is 2. The first-order valence-corrected chi connectivity index (χ1v) is 8.96. The van der Waals surface area contributed by atoms with Gasteiger partial charge in [-0.15, -0.1) is 11.6 Å². The number of hydrogen-bond acceptors (Lipinski definition) is 4. The number of nitrogens with zero attached hydrogens (tertiary/aromatic N) is 1. The maximum absolute atomic E-state index is 11.9. The molecule has 2 rings (SSSR count). The lowest BCUT2D eigenvalue weighted by atomic mass is 10.1. The van der Waals surface area contributed by atoms with Crippen molar-refractivity contribution in [1.82, 2.24) is 4.90 Å².